The van der Waals surface area contributed by atoms with Crippen molar-refractivity contribution >= 4 is 18.1 Å². The number of ether oxygens (including phenoxy) is 2. The molecule has 35 heavy (non-hydrogen) atoms. The zero-order chi connectivity index (χ0) is 24.6. The molecule has 2 aliphatic heterocycles. The van der Waals surface area contributed by atoms with Crippen molar-refractivity contribution in [2.75, 3.05) is 20.3 Å². The highest BCUT2D eigenvalue weighted by atomic mass is 16.5. The maximum Gasteiger partial charge on any atom is 0.243 e. The van der Waals surface area contributed by atoms with Gasteiger partial charge in [0.1, 0.15) is 12.4 Å². The number of carbonyl (C=O) groups excluding carboxylic acids is 3. The summed E-state index contributed by atoms with van der Waals surface area (Å²) in [6, 6.07) is 13.8. The second-order valence-electron chi connectivity index (χ2n) is 9.19. The predicted octanol–water partition coefficient (Wildman–Crippen LogP) is 2.58. The fourth-order valence-corrected chi connectivity index (χ4v) is 4.58. The Balaban J connectivity index is 1.35. The van der Waals surface area contributed by atoms with Crippen LogP contribution in [0.1, 0.15) is 52.7 Å². The van der Waals surface area contributed by atoms with Gasteiger partial charge in [0, 0.05) is 49.9 Å². The number of nitrogens with one attached hydrogen (secondary N) is 2. The lowest BCUT2D eigenvalue weighted by atomic mass is 10.0. The summed E-state index contributed by atoms with van der Waals surface area (Å²) in [4.78, 5) is 37.5. The minimum atomic E-state index is -0.480. The fourth-order valence-electron chi connectivity index (χ4n) is 4.58. The molecule has 8 heteroatoms. The number of amides is 2. The van der Waals surface area contributed by atoms with E-state index in [4.69, 9.17) is 9.47 Å². The summed E-state index contributed by atoms with van der Waals surface area (Å²) in [6.45, 7) is 3.21. The van der Waals surface area contributed by atoms with Crippen LogP contribution >= 0.6 is 0 Å². The van der Waals surface area contributed by atoms with Crippen LogP contribution in [0, 0.1) is 0 Å². The van der Waals surface area contributed by atoms with Crippen molar-refractivity contribution in [3.8, 4) is 5.75 Å². The number of piperidine rings is 1. The number of hydrogen-bond donors (Lipinski definition) is 2. The van der Waals surface area contributed by atoms with Crippen LogP contribution in [0.4, 0.5) is 0 Å². The number of aldehydes is 1. The predicted molar refractivity (Wildman–Crippen MR) is 131 cm³/mol. The van der Waals surface area contributed by atoms with Gasteiger partial charge in [-0.05, 0) is 43.5 Å². The Labute approximate surface area is 206 Å². The molecular formula is C27H33N3O5. The monoisotopic (exact) mass is 479 g/mol. The van der Waals surface area contributed by atoms with Crippen molar-refractivity contribution in [1.29, 1.82) is 0 Å². The minimum absolute atomic E-state index is 0.258. The summed E-state index contributed by atoms with van der Waals surface area (Å²) in [7, 11) is 2.16. The van der Waals surface area contributed by atoms with Crippen LogP contribution in [-0.2, 0) is 34.0 Å². The highest BCUT2D eigenvalue weighted by Crippen LogP contribution is 2.24. The molecule has 2 saturated heterocycles. The van der Waals surface area contributed by atoms with E-state index in [1.165, 1.54) is 5.56 Å². The zero-order valence-corrected chi connectivity index (χ0v) is 20.1. The van der Waals surface area contributed by atoms with Gasteiger partial charge in [-0.15, -0.1) is 0 Å². The molecule has 2 aromatic rings. The Morgan fingerprint density at radius 3 is 2.54 bits per heavy atom. The Kier molecular flexibility index (Phi) is 8.63. The number of carbonyl (C=O) groups is 3. The van der Waals surface area contributed by atoms with Crippen molar-refractivity contribution in [3.63, 3.8) is 0 Å². The molecule has 2 fully saturated rings. The van der Waals surface area contributed by atoms with E-state index in [9.17, 15) is 14.4 Å². The third kappa shape index (κ3) is 6.75. The lowest BCUT2D eigenvalue weighted by Gasteiger charge is -2.31. The topological polar surface area (TPSA) is 97.0 Å². The van der Waals surface area contributed by atoms with Crippen molar-refractivity contribution in [2.45, 2.75) is 57.5 Å². The molecular weight excluding hydrogens is 446 g/mol. The largest absolute Gasteiger partial charge is 0.489 e. The molecule has 0 aromatic heterocycles. The fraction of sp³-hybridized carbons (Fsp3) is 0.444. The Morgan fingerprint density at radius 1 is 1.09 bits per heavy atom. The zero-order valence-electron chi connectivity index (χ0n) is 20.1. The van der Waals surface area contributed by atoms with Gasteiger partial charge in [0.25, 0.3) is 0 Å². The third-order valence-corrected chi connectivity index (χ3v) is 6.72. The molecule has 0 spiro atoms. The van der Waals surface area contributed by atoms with Crippen LogP contribution in [0.2, 0.25) is 0 Å². The number of imide groups is 1. The second-order valence-corrected chi connectivity index (χ2v) is 9.19. The number of benzene rings is 2. The highest BCUT2D eigenvalue weighted by Gasteiger charge is 2.26. The van der Waals surface area contributed by atoms with Gasteiger partial charge in [0.15, 0.2) is 6.29 Å². The van der Waals surface area contributed by atoms with Crippen LogP contribution in [0.3, 0.4) is 0 Å². The van der Waals surface area contributed by atoms with Crippen molar-refractivity contribution in [2.24, 2.45) is 0 Å². The first kappa shape index (κ1) is 25.0. The summed E-state index contributed by atoms with van der Waals surface area (Å²) in [6.07, 6.45) is 3.66. The first-order valence-corrected chi connectivity index (χ1v) is 12.2. The molecule has 2 heterocycles. The molecule has 0 saturated carbocycles. The van der Waals surface area contributed by atoms with E-state index in [0.29, 0.717) is 42.4 Å². The molecule has 186 valence electrons. The SMILES string of the molecule is CN(Cc1ccc(COc2cccc(C=O)c2CNC2CCC(=O)NC2=O)cc1)C1CCOCC1. The number of hydrogen-bond acceptors (Lipinski definition) is 7. The Morgan fingerprint density at radius 2 is 1.83 bits per heavy atom. The molecule has 2 amide bonds. The lowest BCUT2D eigenvalue weighted by Crippen LogP contribution is -2.50. The van der Waals surface area contributed by atoms with E-state index < -0.39 is 6.04 Å². The first-order valence-electron chi connectivity index (χ1n) is 12.2. The van der Waals surface area contributed by atoms with Gasteiger partial charge in [-0.2, -0.15) is 0 Å². The maximum atomic E-state index is 12.1. The van der Waals surface area contributed by atoms with E-state index in [2.05, 4.69) is 46.8 Å². The van der Waals surface area contributed by atoms with Gasteiger partial charge in [-0.1, -0.05) is 36.4 Å². The normalized spacial score (nSPS) is 19.0. The minimum Gasteiger partial charge on any atom is -0.489 e. The van der Waals surface area contributed by atoms with Gasteiger partial charge in [0.2, 0.25) is 11.8 Å². The van der Waals surface area contributed by atoms with E-state index in [1.54, 1.807) is 12.1 Å². The van der Waals surface area contributed by atoms with E-state index >= 15 is 0 Å². The molecule has 4 rings (SSSR count). The highest BCUT2D eigenvalue weighted by molar-refractivity contribution is 6.00. The quantitative estimate of drug-likeness (QED) is 0.399. The summed E-state index contributed by atoms with van der Waals surface area (Å²) in [5.41, 5.74) is 3.48. The van der Waals surface area contributed by atoms with Gasteiger partial charge in [0.05, 0.1) is 6.04 Å². The average Bonchev–Trinajstić information content (AvgIpc) is 2.88. The van der Waals surface area contributed by atoms with Gasteiger partial charge < -0.3 is 14.8 Å². The van der Waals surface area contributed by atoms with Crippen LogP contribution < -0.4 is 15.4 Å². The summed E-state index contributed by atoms with van der Waals surface area (Å²) >= 11 is 0. The smallest absolute Gasteiger partial charge is 0.243 e. The van der Waals surface area contributed by atoms with Crippen LogP contribution in [0.25, 0.3) is 0 Å². The summed E-state index contributed by atoms with van der Waals surface area (Å²) in [5, 5.41) is 5.50. The molecule has 1 unspecified atom stereocenters. The van der Waals surface area contributed by atoms with Crippen molar-refractivity contribution in [3.05, 3.63) is 64.7 Å². The Bertz CT molecular complexity index is 1030. The average molecular weight is 480 g/mol. The van der Waals surface area contributed by atoms with Crippen LogP contribution in [0.15, 0.2) is 42.5 Å². The van der Waals surface area contributed by atoms with Crippen molar-refractivity contribution in [1.82, 2.24) is 15.5 Å². The molecule has 2 N–H and O–H groups in total. The maximum absolute atomic E-state index is 12.1. The van der Waals surface area contributed by atoms with Crippen LogP contribution in [-0.4, -0.2) is 55.3 Å². The van der Waals surface area contributed by atoms with Gasteiger partial charge >= 0.3 is 0 Å². The molecule has 2 aromatic carbocycles. The van der Waals surface area contributed by atoms with Gasteiger partial charge in [-0.3, -0.25) is 24.6 Å². The standard InChI is InChI=1S/C27H33N3O5/c1-30(22-11-13-34-14-12-22)16-19-5-7-20(8-6-19)18-35-25-4-2-3-21(17-31)23(25)15-28-24-9-10-26(32)29-27(24)33/h2-8,17,22,24,28H,9-16,18H2,1H3,(H,29,32,33). The van der Waals surface area contributed by atoms with E-state index in [0.717, 1.165) is 44.4 Å². The molecule has 8 nitrogen and oxygen atoms in total. The molecule has 1 atom stereocenters. The lowest BCUT2D eigenvalue weighted by molar-refractivity contribution is -0.134. The molecule has 2 aliphatic rings. The van der Waals surface area contributed by atoms with E-state index in [1.807, 2.05) is 6.07 Å². The van der Waals surface area contributed by atoms with Gasteiger partial charge in [-0.25, -0.2) is 0 Å². The molecule has 0 aliphatic carbocycles. The first-order chi connectivity index (χ1) is 17.0. The second kappa shape index (κ2) is 12.1. The molecule has 0 radical (unpaired) electrons. The Hall–Kier alpha value is -3.07. The number of rotatable bonds is 10. The summed E-state index contributed by atoms with van der Waals surface area (Å²) in [5.74, 6) is -0.000748. The summed E-state index contributed by atoms with van der Waals surface area (Å²) < 4.78 is 11.6. The molecule has 0 bridgehead atoms. The van der Waals surface area contributed by atoms with Crippen molar-refractivity contribution < 1.29 is 23.9 Å². The van der Waals surface area contributed by atoms with Crippen LogP contribution in [0.5, 0.6) is 5.75 Å². The number of nitrogens with zero attached hydrogens (tertiary/aromatic N) is 1. The van der Waals surface area contributed by atoms with E-state index in [-0.39, 0.29) is 18.4 Å². The third-order valence-electron chi connectivity index (χ3n) is 6.72.